The Bertz CT molecular complexity index is 1570. The molecule has 39 heavy (non-hydrogen) atoms. The van der Waals surface area contributed by atoms with Gasteiger partial charge in [-0.1, -0.05) is 41.6 Å². The Hall–Kier alpha value is -4.64. The van der Waals surface area contributed by atoms with Crippen molar-refractivity contribution in [2.75, 3.05) is 25.3 Å². The summed E-state index contributed by atoms with van der Waals surface area (Å²) in [4.78, 5) is 37.2. The highest BCUT2D eigenvalue weighted by Gasteiger charge is 2.22. The van der Waals surface area contributed by atoms with Crippen molar-refractivity contribution in [1.82, 2.24) is 14.8 Å². The first-order chi connectivity index (χ1) is 18.7. The average Bonchev–Trinajstić information content (AvgIpc) is 3.34. The monoisotopic (exact) mass is 546 g/mol. The first-order valence-electron chi connectivity index (χ1n) is 11.8. The van der Waals surface area contributed by atoms with E-state index >= 15 is 0 Å². The van der Waals surface area contributed by atoms with Crippen LogP contribution in [0, 0.1) is 13.8 Å². The third kappa shape index (κ3) is 5.93. The van der Waals surface area contributed by atoms with Crippen molar-refractivity contribution < 1.29 is 29.0 Å². The highest BCUT2D eigenvalue weighted by Crippen LogP contribution is 2.34. The van der Waals surface area contributed by atoms with Gasteiger partial charge in [-0.3, -0.25) is 9.36 Å². The lowest BCUT2D eigenvalue weighted by atomic mass is 10.1. The van der Waals surface area contributed by atoms with Gasteiger partial charge < -0.3 is 19.9 Å². The fourth-order valence-electron chi connectivity index (χ4n) is 3.97. The molecule has 0 aliphatic rings. The number of anilines is 1. The minimum absolute atomic E-state index is 0.0473. The molecule has 0 unspecified atom stereocenters. The van der Waals surface area contributed by atoms with Crippen molar-refractivity contribution in [3.05, 3.63) is 82.9 Å². The number of aromatic hydroxyl groups is 1. The van der Waals surface area contributed by atoms with Crippen LogP contribution >= 0.6 is 11.8 Å². The SMILES string of the molecule is COC(=O)c1ccc(C(=O)OC)c(NC(=O)CSc2nnc(-c3ccccc3O)n2-c2ccc(C)cc2C)c1. The van der Waals surface area contributed by atoms with Gasteiger partial charge in [0.1, 0.15) is 5.75 Å². The van der Waals surface area contributed by atoms with Crippen LogP contribution in [0.3, 0.4) is 0 Å². The minimum atomic E-state index is -0.670. The van der Waals surface area contributed by atoms with Gasteiger partial charge in [-0.2, -0.15) is 0 Å². The number of para-hydroxylation sites is 1. The van der Waals surface area contributed by atoms with Crippen LogP contribution in [0.2, 0.25) is 0 Å². The van der Waals surface area contributed by atoms with E-state index in [1.54, 1.807) is 28.8 Å². The van der Waals surface area contributed by atoms with E-state index in [1.807, 2.05) is 32.0 Å². The maximum atomic E-state index is 13.0. The molecule has 0 spiro atoms. The Morgan fingerprint density at radius 2 is 1.69 bits per heavy atom. The summed E-state index contributed by atoms with van der Waals surface area (Å²) in [6.45, 7) is 3.95. The molecule has 2 N–H and O–H groups in total. The smallest absolute Gasteiger partial charge is 0.339 e. The van der Waals surface area contributed by atoms with Crippen molar-refractivity contribution >= 4 is 35.3 Å². The standard InChI is InChI=1S/C28H26N4O6S/c1-16-9-12-22(17(2)13-16)32-25(20-7-5-6-8-23(20)33)30-31-28(32)39-15-24(34)29-21-14-18(26(35)37-3)10-11-19(21)27(36)38-4/h5-14,33H,15H2,1-4H3,(H,29,34). The molecule has 4 rings (SSSR count). The number of carbonyl (C=O) groups is 3. The number of rotatable bonds is 8. The van der Waals surface area contributed by atoms with E-state index in [0.29, 0.717) is 16.5 Å². The predicted molar refractivity (Wildman–Crippen MR) is 146 cm³/mol. The summed E-state index contributed by atoms with van der Waals surface area (Å²) in [6, 6.07) is 16.9. The van der Waals surface area contributed by atoms with Crippen LogP contribution in [-0.4, -0.2) is 57.7 Å². The number of nitrogens with one attached hydrogen (secondary N) is 1. The number of thioether (sulfide) groups is 1. The molecule has 0 aliphatic heterocycles. The van der Waals surface area contributed by atoms with Crippen LogP contribution in [0.25, 0.3) is 17.1 Å². The van der Waals surface area contributed by atoms with Gasteiger partial charge in [-0.05, 0) is 55.8 Å². The number of phenolic OH excluding ortho intramolecular Hbond substituents is 1. The lowest BCUT2D eigenvalue weighted by Crippen LogP contribution is -2.18. The number of esters is 2. The second kappa shape index (κ2) is 11.8. The van der Waals surface area contributed by atoms with Crippen LogP contribution < -0.4 is 5.32 Å². The highest BCUT2D eigenvalue weighted by molar-refractivity contribution is 7.99. The van der Waals surface area contributed by atoms with Crippen LogP contribution in [-0.2, 0) is 14.3 Å². The lowest BCUT2D eigenvalue weighted by molar-refractivity contribution is -0.113. The number of aryl methyl sites for hydroxylation is 2. The number of hydrogen-bond donors (Lipinski definition) is 2. The van der Waals surface area contributed by atoms with Gasteiger partial charge in [0.25, 0.3) is 0 Å². The molecule has 200 valence electrons. The quantitative estimate of drug-likeness (QED) is 0.241. The molecule has 10 nitrogen and oxygen atoms in total. The first kappa shape index (κ1) is 27.4. The number of carbonyl (C=O) groups excluding carboxylic acids is 3. The third-order valence-electron chi connectivity index (χ3n) is 5.82. The molecule has 0 saturated heterocycles. The molecule has 4 aromatic rings. The molecular formula is C28H26N4O6S. The second-order valence-corrected chi connectivity index (χ2v) is 9.47. The molecule has 0 atom stereocenters. The van der Waals surface area contributed by atoms with Crippen LogP contribution in [0.5, 0.6) is 5.75 Å². The number of phenols is 1. The topological polar surface area (TPSA) is 133 Å². The molecule has 11 heteroatoms. The van der Waals surface area contributed by atoms with E-state index in [0.717, 1.165) is 28.6 Å². The Morgan fingerprint density at radius 3 is 2.38 bits per heavy atom. The molecular weight excluding hydrogens is 520 g/mol. The van der Waals surface area contributed by atoms with Crippen LogP contribution in [0.15, 0.2) is 65.8 Å². The first-order valence-corrected chi connectivity index (χ1v) is 12.8. The molecule has 0 radical (unpaired) electrons. The highest BCUT2D eigenvalue weighted by atomic mass is 32.2. The summed E-state index contributed by atoms with van der Waals surface area (Å²) < 4.78 is 11.3. The van der Waals surface area contributed by atoms with Gasteiger partial charge >= 0.3 is 11.9 Å². The summed E-state index contributed by atoms with van der Waals surface area (Å²) in [7, 11) is 2.46. The maximum Gasteiger partial charge on any atom is 0.339 e. The van der Waals surface area contributed by atoms with Gasteiger partial charge in [-0.15, -0.1) is 10.2 Å². The van der Waals surface area contributed by atoms with E-state index in [2.05, 4.69) is 15.5 Å². The van der Waals surface area contributed by atoms with E-state index < -0.39 is 17.8 Å². The molecule has 0 saturated carbocycles. The number of nitrogens with zero attached hydrogens (tertiary/aromatic N) is 3. The van der Waals surface area contributed by atoms with Crippen molar-refractivity contribution in [2.45, 2.75) is 19.0 Å². The van der Waals surface area contributed by atoms with E-state index in [4.69, 9.17) is 9.47 Å². The van der Waals surface area contributed by atoms with Gasteiger partial charge in [0.15, 0.2) is 11.0 Å². The van der Waals surface area contributed by atoms with Crippen molar-refractivity contribution in [3.63, 3.8) is 0 Å². The molecule has 0 bridgehead atoms. The van der Waals surface area contributed by atoms with E-state index in [1.165, 1.54) is 32.4 Å². The minimum Gasteiger partial charge on any atom is -0.507 e. The van der Waals surface area contributed by atoms with Crippen molar-refractivity contribution in [1.29, 1.82) is 0 Å². The zero-order valence-corrected chi connectivity index (χ0v) is 22.5. The molecule has 0 fully saturated rings. The Labute approximate surface area is 229 Å². The summed E-state index contributed by atoms with van der Waals surface area (Å²) in [5, 5.41) is 22.2. The Morgan fingerprint density at radius 1 is 0.949 bits per heavy atom. The normalized spacial score (nSPS) is 10.7. The second-order valence-electron chi connectivity index (χ2n) is 8.53. The summed E-state index contributed by atoms with van der Waals surface area (Å²) in [5.41, 5.74) is 3.69. The molecule has 1 heterocycles. The maximum absolute atomic E-state index is 13.0. The number of hydrogen-bond acceptors (Lipinski definition) is 9. The summed E-state index contributed by atoms with van der Waals surface area (Å²) >= 11 is 1.13. The van der Waals surface area contributed by atoms with Gasteiger partial charge in [0, 0.05) is 0 Å². The molecule has 3 aromatic carbocycles. The zero-order valence-electron chi connectivity index (χ0n) is 21.7. The van der Waals surface area contributed by atoms with E-state index in [9.17, 15) is 19.5 Å². The third-order valence-corrected chi connectivity index (χ3v) is 6.75. The summed E-state index contributed by atoms with van der Waals surface area (Å²) in [6.07, 6.45) is 0. The number of benzene rings is 3. The number of aromatic nitrogens is 3. The number of ether oxygens (including phenoxy) is 2. The molecule has 0 aliphatic carbocycles. The lowest BCUT2D eigenvalue weighted by Gasteiger charge is -2.14. The van der Waals surface area contributed by atoms with E-state index in [-0.39, 0.29) is 28.3 Å². The zero-order chi connectivity index (χ0) is 28.1. The predicted octanol–water partition coefficient (Wildman–Crippen LogP) is 4.56. The molecule has 1 aromatic heterocycles. The number of amides is 1. The Balaban J connectivity index is 1.65. The van der Waals surface area contributed by atoms with Gasteiger partial charge in [0.2, 0.25) is 5.91 Å². The van der Waals surface area contributed by atoms with Crippen molar-refractivity contribution in [2.24, 2.45) is 0 Å². The van der Waals surface area contributed by atoms with Gasteiger partial charge in [-0.25, -0.2) is 9.59 Å². The Kier molecular flexibility index (Phi) is 8.30. The largest absolute Gasteiger partial charge is 0.507 e. The summed E-state index contributed by atoms with van der Waals surface area (Å²) in [5.74, 6) is -1.36. The van der Waals surface area contributed by atoms with Crippen molar-refractivity contribution in [3.8, 4) is 22.8 Å². The fraction of sp³-hybridized carbons (Fsp3) is 0.179. The average molecular weight is 547 g/mol. The van der Waals surface area contributed by atoms with Crippen LogP contribution in [0.1, 0.15) is 31.8 Å². The number of methoxy groups -OCH3 is 2. The van der Waals surface area contributed by atoms with Gasteiger partial charge in [0.05, 0.1) is 48.0 Å². The fourth-order valence-corrected chi connectivity index (χ4v) is 4.72. The molecule has 1 amide bonds. The van der Waals surface area contributed by atoms with Crippen LogP contribution in [0.4, 0.5) is 5.69 Å².